The molecule has 2 unspecified atom stereocenters. The van der Waals surface area contributed by atoms with Crippen molar-refractivity contribution in [2.24, 2.45) is 11.8 Å². The zero-order valence-electron chi connectivity index (χ0n) is 13.4. The predicted molar refractivity (Wildman–Crippen MR) is 90.5 cm³/mol. The van der Waals surface area contributed by atoms with Gasteiger partial charge in [0.05, 0.1) is 0 Å². The Morgan fingerprint density at radius 3 is 2.81 bits per heavy atom. The molecular weight excluding hydrogens is 328 g/mol. The first-order valence-corrected chi connectivity index (χ1v) is 8.98. The number of carbonyl (C=O) groups excluding carboxylic acids is 1. The molecule has 21 heavy (non-hydrogen) atoms. The summed E-state index contributed by atoms with van der Waals surface area (Å²) in [4.78, 5) is 12.6. The number of aryl methyl sites for hydroxylation is 1. The molecule has 2 rings (SSSR count). The van der Waals surface area contributed by atoms with Crippen LogP contribution in [0.3, 0.4) is 0 Å². The number of nitrogens with zero attached hydrogens (tertiary/aromatic N) is 1. The van der Waals surface area contributed by atoms with Crippen molar-refractivity contribution in [2.45, 2.75) is 65.5 Å². The Bertz CT molecular complexity index is 481. The molecule has 118 valence electrons. The Kier molecular flexibility index (Phi) is 5.91. The van der Waals surface area contributed by atoms with Gasteiger partial charge in [-0.15, -0.1) is 0 Å². The average molecular weight is 355 g/mol. The fourth-order valence-corrected chi connectivity index (χ4v) is 3.93. The van der Waals surface area contributed by atoms with Gasteiger partial charge in [-0.2, -0.15) is 0 Å². The van der Waals surface area contributed by atoms with E-state index in [0.29, 0.717) is 17.9 Å². The number of aromatic nitrogens is 1. The maximum Gasteiger partial charge on any atom is 0.268 e. The number of hydrogen-bond donors (Lipinski definition) is 1. The van der Waals surface area contributed by atoms with E-state index in [-0.39, 0.29) is 5.91 Å². The average Bonchev–Trinajstić information content (AvgIpc) is 2.80. The lowest BCUT2D eigenvalue weighted by Crippen LogP contribution is -2.44. The van der Waals surface area contributed by atoms with E-state index >= 15 is 0 Å². The quantitative estimate of drug-likeness (QED) is 0.823. The van der Waals surface area contributed by atoms with Crippen LogP contribution in [-0.4, -0.2) is 16.5 Å². The zero-order chi connectivity index (χ0) is 15.4. The molecule has 1 fully saturated rings. The number of carbonyl (C=O) groups is 1. The normalized spacial score (nSPS) is 22.5. The van der Waals surface area contributed by atoms with Crippen LogP contribution in [0.2, 0.25) is 0 Å². The number of hydrogen-bond acceptors (Lipinski definition) is 1. The molecule has 4 heteroatoms. The molecule has 1 saturated carbocycles. The van der Waals surface area contributed by atoms with Crippen molar-refractivity contribution in [1.29, 1.82) is 0 Å². The SMILES string of the molecule is CCCn1cc(Br)cc1C(=O)NC1CCCCC1C(C)C. The van der Waals surface area contributed by atoms with Crippen molar-refractivity contribution < 1.29 is 4.79 Å². The molecule has 1 heterocycles. The first kappa shape index (κ1) is 16.6. The topological polar surface area (TPSA) is 34.0 Å². The van der Waals surface area contributed by atoms with E-state index in [1.165, 1.54) is 19.3 Å². The van der Waals surface area contributed by atoms with E-state index in [0.717, 1.165) is 29.6 Å². The van der Waals surface area contributed by atoms with Gasteiger partial charge in [0.15, 0.2) is 0 Å². The molecule has 1 N–H and O–H groups in total. The molecule has 0 radical (unpaired) electrons. The summed E-state index contributed by atoms with van der Waals surface area (Å²) >= 11 is 3.48. The van der Waals surface area contributed by atoms with Gasteiger partial charge in [0.2, 0.25) is 0 Å². The van der Waals surface area contributed by atoms with Crippen LogP contribution in [0.15, 0.2) is 16.7 Å². The molecule has 2 atom stereocenters. The third-order valence-corrected chi connectivity index (χ3v) is 4.99. The molecular formula is C17H27BrN2O. The van der Waals surface area contributed by atoms with Crippen molar-refractivity contribution in [3.8, 4) is 0 Å². The summed E-state index contributed by atoms with van der Waals surface area (Å²) in [5.74, 6) is 1.32. The smallest absolute Gasteiger partial charge is 0.268 e. The molecule has 0 bridgehead atoms. The summed E-state index contributed by atoms with van der Waals surface area (Å²) < 4.78 is 3.03. The van der Waals surface area contributed by atoms with E-state index < -0.39 is 0 Å². The van der Waals surface area contributed by atoms with Gasteiger partial charge < -0.3 is 9.88 Å². The number of rotatable bonds is 5. The second-order valence-corrected chi connectivity index (χ2v) is 7.42. The number of halogens is 1. The second-order valence-electron chi connectivity index (χ2n) is 6.51. The Morgan fingerprint density at radius 1 is 1.43 bits per heavy atom. The Hall–Kier alpha value is -0.770. The molecule has 0 aliphatic heterocycles. The summed E-state index contributed by atoms with van der Waals surface area (Å²) in [6, 6.07) is 2.26. The highest BCUT2D eigenvalue weighted by molar-refractivity contribution is 9.10. The van der Waals surface area contributed by atoms with Crippen molar-refractivity contribution in [1.82, 2.24) is 9.88 Å². The predicted octanol–water partition coefficient (Wildman–Crippen LogP) is 4.61. The number of nitrogens with one attached hydrogen (secondary N) is 1. The van der Waals surface area contributed by atoms with Gasteiger partial charge in [0, 0.05) is 23.3 Å². The minimum Gasteiger partial charge on any atom is -0.348 e. The minimum absolute atomic E-state index is 0.0756. The highest BCUT2D eigenvalue weighted by Gasteiger charge is 2.29. The van der Waals surface area contributed by atoms with Gasteiger partial charge >= 0.3 is 0 Å². The third kappa shape index (κ3) is 4.12. The summed E-state index contributed by atoms with van der Waals surface area (Å²) in [7, 11) is 0. The van der Waals surface area contributed by atoms with Crippen molar-refractivity contribution in [2.75, 3.05) is 0 Å². The summed E-state index contributed by atoms with van der Waals surface area (Å²) in [6.45, 7) is 7.55. The lowest BCUT2D eigenvalue weighted by atomic mass is 9.78. The Balaban J connectivity index is 2.09. The molecule has 3 nitrogen and oxygen atoms in total. The maximum atomic E-state index is 12.6. The maximum absolute atomic E-state index is 12.6. The summed E-state index contributed by atoms with van der Waals surface area (Å²) in [5, 5.41) is 3.30. The molecule has 1 aromatic heterocycles. The van der Waals surface area contributed by atoms with E-state index in [1.54, 1.807) is 0 Å². The largest absolute Gasteiger partial charge is 0.348 e. The van der Waals surface area contributed by atoms with Gasteiger partial charge in [-0.1, -0.05) is 33.6 Å². The van der Waals surface area contributed by atoms with Crippen LogP contribution >= 0.6 is 15.9 Å². The molecule has 0 saturated heterocycles. The van der Waals surface area contributed by atoms with Gasteiger partial charge in [-0.05, 0) is 53.1 Å². The van der Waals surface area contributed by atoms with Gasteiger partial charge in [-0.3, -0.25) is 4.79 Å². The van der Waals surface area contributed by atoms with E-state index in [1.807, 2.05) is 16.8 Å². The molecule has 1 aromatic rings. The fourth-order valence-electron chi connectivity index (χ4n) is 3.47. The van der Waals surface area contributed by atoms with Crippen LogP contribution < -0.4 is 5.32 Å². The summed E-state index contributed by atoms with van der Waals surface area (Å²) in [5.41, 5.74) is 0.775. The molecule has 0 spiro atoms. The Labute approximate surface area is 136 Å². The third-order valence-electron chi connectivity index (χ3n) is 4.55. The van der Waals surface area contributed by atoms with Crippen molar-refractivity contribution in [3.63, 3.8) is 0 Å². The lowest BCUT2D eigenvalue weighted by Gasteiger charge is -2.35. The first-order chi connectivity index (χ1) is 10.0. The van der Waals surface area contributed by atoms with Gasteiger partial charge in [0.25, 0.3) is 5.91 Å². The fraction of sp³-hybridized carbons (Fsp3) is 0.706. The van der Waals surface area contributed by atoms with E-state index in [4.69, 9.17) is 0 Å². The highest BCUT2D eigenvalue weighted by Crippen LogP contribution is 2.30. The monoisotopic (exact) mass is 354 g/mol. The van der Waals surface area contributed by atoms with E-state index in [2.05, 4.69) is 42.0 Å². The lowest BCUT2D eigenvalue weighted by molar-refractivity contribution is 0.0879. The van der Waals surface area contributed by atoms with Crippen molar-refractivity contribution >= 4 is 21.8 Å². The van der Waals surface area contributed by atoms with Crippen LogP contribution in [-0.2, 0) is 6.54 Å². The molecule has 0 aromatic carbocycles. The van der Waals surface area contributed by atoms with Gasteiger partial charge in [-0.25, -0.2) is 0 Å². The van der Waals surface area contributed by atoms with Crippen LogP contribution in [0, 0.1) is 11.8 Å². The number of amides is 1. The summed E-state index contributed by atoms with van der Waals surface area (Å²) in [6.07, 6.45) is 7.91. The zero-order valence-corrected chi connectivity index (χ0v) is 14.9. The van der Waals surface area contributed by atoms with Crippen LogP contribution in [0.25, 0.3) is 0 Å². The first-order valence-electron chi connectivity index (χ1n) is 8.19. The molecule has 1 amide bonds. The molecule has 1 aliphatic carbocycles. The van der Waals surface area contributed by atoms with E-state index in [9.17, 15) is 4.79 Å². The standard InChI is InChI=1S/C17H27BrN2O/c1-4-9-20-11-13(18)10-16(20)17(21)19-15-8-6-5-7-14(15)12(2)3/h10-12,14-15H,4-9H2,1-3H3,(H,19,21). The second kappa shape index (κ2) is 7.48. The van der Waals surface area contributed by atoms with Crippen LogP contribution in [0.4, 0.5) is 0 Å². The van der Waals surface area contributed by atoms with Crippen LogP contribution in [0.1, 0.15) is 63.4 Å². The van der Waals surface area contributed by atoms with Crippen molar-refractivity contribution in [3.05, 3.63) is 22.4 Å². The minimum atomic E-state index is 0.0756. The van der Waals surface area contributed by atoms with Gasteiger partial charge in [0.1, 0.15) is 5.69 Å². The van der Waals surface area contributed by atoms with Crippen LogP contribution in [0.5, 0.6) is 0 Å². The highest BCUT2D eigenvalue weighted by atomic mass is 79.9. The Morgan fingerprint density at radius 2 is 2.14 bits per heavy atom. The molecule has 1 aliphatic rings.